The van der Waals surface area contributed by atoms with E-state index in [1.807, 2.05) is 18.7 Å². The second-order valence-electron chi connectivity index (χ2n) is 6.53. The van der Waals surface area contributed by atoms with Crippen LogP contribution in [0.15, 0.2) is 18.2 Å². The Morgan fingerprint density at radius 2 is 2.04 bits per heavy atom. The minimum atomic E-state index is -3.65. The Labute approximate surface area is 155 Å². The molecule has 1 amide bonds. The van der Waals surface area contributed by atoms with Crippen molar-refractivity contribution in [1.29, 1.82) is 0 Å². The molecular weight excluding hydrogens is 362 g/mol. The van der Waals surface area contributed by atoms with Crippen LogP contribution in [0.2, 0.25) is 5.02 Å². The van der Waals surface area contributed by atoms with Gasteiger partial charge in [0.05, 0.1) is 5.75 Å². The highest BCUT2D eigenvalue weighted by Crippen LogP contribution is 2.32. The fraction of sp³-hybridized carbons (Fsp3) is 0.611. The van der Waals surface area contributed by atoms with E-state index >= 15 is 0 Å². The molecule has 0 aromatic heterocycles. The highest BCUT2D eigenvalue weighted by atomic mass is 35.5. The van der Waals surface area contributed by atoms with Gasteiger partial charge in [0.2, 0.25) is 5.91 Å². The standard InChI is InChI=1S/C18H26ClNO4S/c1-4-13(3)20(18(21)14-7-6-8-14)12-15-11-16(19)9-10-17(15)24-25(22,23)5-2/h9-11,13-14H,4-8,12H2,1-3H3/t13-/m0/s1. The number of nitrogens with zero attached hydrogens (tertiary/aromatic N) is 1. The second-order valence-corrected chi connectivity index (χ2v) is 8.83. The summed E-state index contributed by atoms with van der Waals surface area (Å²) in [4.78, 5) is 14.6. The molecule has 0 aliphatic heterocycles. The van der Waals surface area contributed by atoms with Crippen LogP contribution in [0.3, 0.4) is 0 Å². The van der Waals surface area contributed by atoms with Crippen molar-refractivity contribution in [2.24, 2.45) is 5.92 Å². The van der Waals surface area contributed by atoms with Crippen LogP contribution in [0.25, 0.3) is 0 Å². The zero-order valence-corrected chi connectivity index (χ0v) is 16.6. The molecular formula is C18H26ClNO4S. The second kappa shape index (κ2) is 8.41. The first kappa shape index (κ1) is 20.0. The van der Waals surface area contributed by atoms with Gasteiger partial charge in [0.1, 0.15) is 5.75 Å². The molecule has 1 aliphatic carbocycles. The molecule has 0 spiro atoms. The first-order valence-corrected chi connectivity index (χ1v) is 10.7. The zero-order valence-electron chi connectivity index (χ0n) is 15.0. The smallest absolute Gasteiger partial charge is 0.308 e. The number of rotatable bonds is 8. The third kappa shape index (κ3) is 5.11. The van der Waals surface area contributed by atoms with Crippen LogP contribution in [0.1, 0.15) is 52.0 Å². The molecule has 1 aromatic rings. The maximum atomic E-state index is 12.8. The normalized spacial score (nSPS) is 16.2. The summed E-state index contributed by atoms with van der Waals surface area (Å²) in [5.41, 5.74) is 0.609. The summed E-state index contributed by atoms with van der Waals surface area (Å²) in [6.07, 6.45) is 3.76. The SMILES string of the molecule is CC[C@H](C)N(Cc1cc(Cl)ccc1OS(=O)(=O)CC)C(=O)C1CCC1. The average Bonchev–Trinajstić information content (AvgIpc) is 2.52. The van der Waals surface area contributed by atoms with Gasteiger partial charge in [-0.3, -0.25) is 4.79 Å². The van der Waals surface area contributed by atoms with E-state index in [0.717, 1.165) is 25.7 Å². The van der Waals surface area contributed by atoms with Crippen LogP contribution in [0.5, 0.6) is 5.75 Å². The topological polar surface area (TPSA) is 63.7 Å². The highest BCUT2D eigenvalue weighted by Gasteiger charge is 2.32. The van der Waals surface area contributed by atoms with Gasteiger partial charge >= 0.3 is 10.1 Å². The Morgan fingerprint density at radius 1 is 1.36 bits per heavy atom. The molecule has 2 rings (SSSR count). The monoisotopic (exact) mass is 387 g/mol. The third-order valence-electron chi connectivity index (χ3n) is 4.79. The Kier molecular flexibility index (Phi) is 6.74. The molecule has 25 heavy (non-hydrogen) atoms. The van der Waals surface area contributed by atoms with Gasteiger partial charge < -0.3 is 9.08 Å². The van der Waals surface area contributed by atoms with E-state index in [4.69, 9.17) is 15.8 Å². The van der Waals surface area contributed by atoms with Crippen LogP contribution in [0.4, 0.5) is 0 Å². The number of benzene rings is 1. The lowest BCUT2D eigenvalue weighted by Gasteiger charge is -2.35. The van der Waals surface area contributed by atoms with E-state index in [1.165, 1.54) is 6.92 Å². The van der Waals surface area contributed by atoms with Gasteiger partial charge in [0.25, 0.3) is 0 Å². The molecule has 140 valence electrons. The Morgan fingerprint density at radius 3 is 2.56 bits per heavy atom. The molecule has 1 fully saturated rings. The Balaban J connectivity index is 2.30. The van der Waals surface area contributed by atoms with Crippen molar-refractivity contribution >= 4 is 27.6 Å². The van der Waals surface area contributed by atoms with Gasteiger partial charge in [-0.1, -0.05) is 24.9 Å². The van der Waals surface area contributed by atoms with Crippen molar-refractivity contribution in [3.8, 4) is 5.75 Å². The summed E-state index contributed by atoms with van der Waals surface area (Å²) in [7, 11) is -3.65. The number of carbonyl (C=O) groups excluding carboxylic acids is 1. The summed E-state index contributed by atoms with van der Waals surface area (Å²) in [5, 5.41) is 0.483. The molecule has 0 radical (unpaired) electrons. The maximum absolute atomic E-state index is 12.8. The number of carbonyl (C=O) groups is 1. The van der Waals surface area contributed by atoms with Crippen molar-refractivity contribution < 1.29 is 17.4 Å². The van der Waals surface area contributed by atoms with Gasteiger partial charge in [-0.25, -0.2) is 0 Å². The van der Waals surface area contributed by atoms with E-state index in [2.05, 4.69) is 0 Å². The third-order valence-corrected chi connectivity index (χ3v) is 6.17. The van der Waals surface area contributed by atoms with E-state index in [9.17, 15) is 13.2 Å². The number of halogens is 1. The van der Waals surface area contributed by atoms with Crippen molar-refractivity contribution in [3.63, 3.8) is 0 Å². The van der Waals surface area contributed by atoms with Gasteiger partial charge in [0.15, 0.2) is 0 Å². The first-order chi connectivity index (χ1) is 11.8. The number of hydrogen-bond acceptors (Lipinski definition) is 4. The molecule has 7 heteroatoms. The molecule has 5 nitrogen and oxygen atoms in total. The predicted molar refractivity (Wildman–Crippen MR) is 99.2 cm³/mol. The number of amides is 1. The van der Waals surface area contributed by atoms with E-state index in [1.54, 1.807) is 18.2 Å². The Hall–Kier alpha value is -1.27. The van der Waals surface area contributed by atoms with Crippen molar-refractivity contribution in [1.82, 2.24) is 4.90 Å². The van der Waals surface area contributed by atoms with Gasteiger partial charge in [-0.05, 0) is 51.3 Å². The van der Waals surface area contributed by atoms with Crippen molar-refractivity contribution in [3.05, 3.63) is 28.8 Å². The fourth-order valence-corrected chi connectivity index (χ4v) is 3.44. The lowest BCUT2D eigenvalue weighted by molar-refractivity contribution is -0.141. The molecule has 0 unspecified atom stereocenters. The Bertz CT molecular complexity index is 716. The minimum absolute atomic E-state index is 0.0581. The summed E-state index contributed by atoms with van der Waals surface area (Å²) in [5.74, 6) is 0.327. The van der Waals surface area contributed by atoms with Gasteiger partial charge in [0, 0.05) is 29.1 Å². The summed E-state index contributed by atoms with van der Waals surface area (Å²) >= 11 is 6.09. The van der Waals surface area contributed by atoms with Gasteiger partial charge in [-0.15, -0.1) is 0 Å². The molecule has 0 N–H and O–H groups in total. The largest absolute Gasteiger partial charge is 0.382 e. The summed E-state index contributed by atoms with van der Waals surface area (Å²) < 4.78 is 28.9. The first-order valence-electron chi connectivity index (χ1n) is 8.78. The van der Waals surface area contributed by atoms with E-state index in [-0.39, 0.29) is 29.4 Å². The van der Waals surface area contributed by atoms with Crippen LogP contribution in [-0.4, -0.2) is 31.0 Å². The molecule has 0 saturated heterocycles. The molecule has 0 bridgehead atoms. The predicted octanol–water partition coefficient (Wildman–Crippen LogP) is 4.00. The number of hydrogen-bond donors (Lipinski definition) is 0. The zero-order chi connectivity index (χ0) is 18.6. The lowest BCUT2D eigenvalue weighted by Crippen LogP contribution is -2.43. The fourth-order valence-electron chi connectivity index (χ4n) is 2.69. The average molecular weight is 388 g/mol. The van der Waals surface area contributed by atoms with Crippen molar-refractivity contribution in [2.75, 3.05) is 5.75 Å². The summed E-state index contributed by atoms with van der Waals surface area (Å²) in [6, 6.07) is 4.87. The molecule has 1 aliphatic rings. The van der Waals surface area contributed by atoms with Crippen LogP contribution in [0, 0.1) is 5.92 Å². The van der Waals surface area contributed by atoms with Crippen LogP contribution in [-0.2, 0) is 21.5 Å². The summed E-state index contributed by atoms with van der Waals surface area (Å²) in [6.45, 7) is 5.85. The van der Waals surface area contributed by atoms with E-state index in [0.29, 0.717) is 17.1 Å². The highest BCUT2D eigenvalue weighted by molar-refractivity contribution is 7.87. The van der Waals surface area contributed by atoms with E-state index < -0.39 is 10.1 Å². The molecule has 1 atom stereocenters. The van der Waals surface area contributed by atoms with Gasteiger partial charge in [-0.2, -0.15) is 8.42 Å². The lowest BCUT2D eigenvalue weighted by atomic mass is 9.84. The molecule has 1 aromatic carbocycles. The molecule has 1 saturated carbocycles. The maximum Gasteiger partial charge on any atom is 0.308 e. The minimum Gasteiger partial charge on any atom is -0.382 e. The van der Waals surface area contributed by atoms with Crippen LogP contribution < -0.4 is 4.18 Å². The quantitative estimate of drug-likeness (QED) is 0.632. The van der Waals surface area contributed by atoms with Crippen LogP contribution >= 0.6 is 11.6 Å². The van der Waals surface area contributed by atoms with Crippen molar-refractivity contribution in [2.45, 2.75) is 59.0 Å². The molecule has 0 heterocycles.